The molecule has 0 saturated carbocycles. The Morgan fingerprint density at radius 2 is 2.15 bits per heavy atom. The van der Waals surface area contributed by atoms with E-state index in [4.69, 9.17) is 4.74 Å². The number of nitriles is 1. The van der Waals surface area contributed by atoms with E-state index < -0.39 is 0 Å². The number of benzene rings is 1. The molecule has 0 aromatic heterocycles. The second-order valence-electron chi connectivity index (χ2n) is 6.30. The van der Waals surface area contributed by atoms with Gasteiger partial charge in [-0.25, -0.2) is 0 Å². The summed E-state index contributed by atoms with van der Waals surface area (Å²) < 4.78 is 4.71. The summed E-state index contributed by atoms with van der Waals surface area (Å²) >= 11 is 1.25. The third-order valence-corrected chi connectivity index (χ3v) is 5.72. The van der Waals surface area contributed by atoms with Gasteiger partial charge in [0.2, 0.25) is 0 Å². The van der Waals surface area contributed by atoms with Gasteiger partial charge in [0.05, 0.1) is 35.5 Å². The van der Waals surface area contributed by atoms with Crippen LogP contribution in [-0.4, -0.2) is 24.6 Å². The smallest absolute Gasteiger partial charge is 0.316 e. The van der Waals surface area contributed by atoms with Crippen LogP contribution in [0.25, 0.3) is 0 Å². The Labute approximate surface area is 157 Å². The summed E-state index contributed by atoms with van der Waals surface area (Å²) in [4.78, 5) is 24.2. The Morgan fingerprint density at radius 3 is 2.85 bits per heavy atom. The predicted molar refractivity (Wildman–Crippen MR) is 100 cm³/mol. The average Bonchev–Trinajstić information content (AvgIpc) is 2.65. The molecular weight excluding hydrogens is 348 g/mol. The molecule has 6 heteroatoms. The number of nitrogens with zero attached hydrogens (tertiary/aromatic N) is 1. The SMILES string of the molecule is COC(=O)CSC1=C(C#N)[C@H](c2ccccc2C)C2=C(CCCC2=O)N1. The molecular formula is C20H20N2O3S. The van der Waals surface area contributed by atoms with E-state index in [-0.39, 0.29) is 23.4 Å². The number of ketones is 1. The lowest BCUT2D eigenvalue weighted by molar-refractivity contribution is -0.137. The van der Waals surface area contributed by atoms with Crippen molar-refractivity contribution in [3.05, 3.63) is 57.3 Å². The topological polar surface area (TPSA) is 79.2 Å². The molecule has 0 spiro atoms. The van der Waals surface area contributed by atoms with Gasteiger partial charge in [-0.15, -0.1) is 0 Å². The van der Waals surface area contributed by atoms with Gasteiger partial charge in [-0.3, -0.25) is 9.59 Å². The van der Waals surface area contributed by atoms with Crippen molar-refractivity contribution in [1.29, 1.82) is 5.26 Å². The number of hydrogen-bond acceptors (Lipinski definition) is 6. The number of carbonyl (C=O) groups is 2. The summed E-state index contributed by atoms with van der Waals surface area (Å²) in [5.74, 6) is -0.531. The molecule has 5 nitrogen and oxygen atoms in total. The fourth-order valence-corrected chi connectivity index (χ4v) is 4.34. The Morgan fingerprint density at radius 1 is 1.38 bits per heavy atom. The molecule has 0 saturated heterocycles. The number of hydrogen-bond donors (Lipinski definition) is 1. The summed E-state index contributed by atoms with van der Waals surface area (Å²) in [6, 6.07) is 10.1. The molecule has 26 heavy (non-hydrogen) atoms. The van der Waals surface area contributed by atoms with E-state index in [1.54, 1.807) is 0 Å². The molecule has 1 aromatic carbocycles. The third kappa shape index (κ3) is 3.40. The van der Waals surface area contributed by atoms with Gasteiger partial charge in [-0.2, -0.15) is 5.26 Å². The highest BCUT2D eigenvalue weighted by Gasteiger charge is 2.37. The van der Waals surface area contributed by atoms with Gasteiger partial charge in [0.25, 0.3) is 0 Å². The van der Waals surface area contributed by atoms with Gasteiger partial charge in [-0.05, 0) is 30.9 Å². The monoisotopic (exact) mass is 368 g/mol. The van der Waals surface area contributed by atoms with Crippen molar-refractivity contribution in [2.24, 2.45) is 0 Å². The summed E-state index contributed by atoms with van der Waals surface area (Å²) in [6.45, 7) is 1.99. The van der Waals surface area contributed by atoms with Crippen molar-refractivity contribution in [3.8, 4) is 6.07 Å². The highest BCUT2D eigenvalue weighted by molar-refractivity contribution is 8.03. The van der Waals surface area contributed by atoms with Crippen LogP contribution in [0.2, 0.25) is 0 Å². The van der Waals surface area contributed by atoms with E-state index in [2.05, 4.69) is 11.4 Å². The first-order valence-electron chi connectivity index (χ1n) is 8.49. The Bertz CT molecular complexity index is 864. The van der Waals surface area contributed by atoms with Gasteiger partial charge in [0.15, 0.2) is 5.78 Å². The fraction of sp³-hybridized carbons (Fsp3) is 0.350. The van der Waals surface area contributed by atoms with Crippen LogP contribution in [0, 0.1) is 18.3 Å². The molecule has 1 N–H and O–H groups in total. The largest absolute Gasteiger partial charge is 0.468 e. The summed E-state index contributed by atoms with van der Waals surface area (Å²) in [7, 11) is 1.34. The van der Waals surface area contributed by atoms with Crippen LogP contribution in [0.5, 0.6) is 0 Å². The first-order valence-corrected chi connectivity index (χ1v) is 9.48. The molecule has 0 unspecified atom stereocenters. The predicted octanol–water partition coefficient (Wildman–Crippen LogP) is 3.33. The third-order valence-electron chi connectivity index (χ3n) is 4.72. The first kappa shape index (κ1) is 18.3. The maximum Gasteiger partial charge on any atom is 0.316 e. The standard InChI is InChI=1S/C20H20N2O3S/c1-12-6-3-4-7-13(12)18-14(10-21)20(26-11-17(24)25-2)22-15-8-5-9-16(23)19(15)18/h3-4,6-7,18,22H,5,8-9,11H2,1-2H3/t18-/m0/s1. The number of rotatable bonds is 4. The van der Waals surface area contributed by atoms with Crippen LogP contribution in [-0.2, 0) is 14.3 Å². The normalized spacial score (nSPS) is 19.6. The molecule has 1 aromatic rings. The Kier molecular flexibility index (Phi) is 5.48. The van der Waals surface area contributed by atoms with Gasteiger partial charge < -0.3 is 10.1 Å². The second-order valence-corrected chi connectivity index (χ2v) is 7.29. The minimum absolute atomic E-state index is 0.0942. The number of allylic oxidation sites excluding steroid dienone is 3. The molecule has 1 heterocycles. The highest BCUT2D eigenvalue weighted by Crippen LogP contribution is 2.44. The van der Waals surface area contributed by atoms with Gasteiger partial charge in [0, 0.05) is 17.7 Å². The molecule has 0 radical (unpaired) electrons. The number of ether oxygens (including phenoxy) is 1. The number of aryl methyl sites for hydroxylation is 1. The molecule has 3 rings (SSSR count). The molecule has 0 bridgehead atoms. The number of nitrogens with one attached hydrogen (secondary N) is 1. The lowest BCUT2D eigenvalue weighted by Crippen LogP contribution is -2.31. The van der Waals surface area contributed by atoms with Crippen molar-refractivity contribution in [2.45, 2.75) is 32.1 Å². The van der Waals surface area contributed by atoms with Crippen molar-refractivity contribution in [3.63, 3.8) is 0 Å². The number of methoxy groups -OCH3 is 1. The highest BCUT2D eigenvalue weighted by atomic mass is 32.2. The summed E-state index contributed by atoms with van der Waals surface area (Å²) in [6.07, 6.45) is 2.07. The van der Waals surface area contributed by atoms with Crippen molar-refractivity contribution >= 4 is 23.5 Å². The molecule has 0 fully saturated rings. The maximum atomic E-state index is 12.7. The maximum absolute atomic E-state index is 12.7. The molecule has 1 aliphatic heterocycles. The number of Topliss-reactive ketones (excluding diaryl/α,β-unsaturated/α-hetero) is 1. The zero-order valence-electron chi connectivity index (χ0n) is 14.8. The van der Waals surface area contributed by atoms with Crippen molar-refractivity contribution in [1.82, 2.24) is 5.32 Å². The van der Waals surface area contributed by atoms with Crippen LogP contribution in [0.1, 0.15) is 36.3 Å². The molecule has 0 amide bonds. The Hall–Kier alpha value is -2.52. The number of dihydropyridines is 1. The lowest BCUT2D eigenvalue weighted by atomic mass is 9.76. The van der Waals surface area contributed by atoms with Crippen LogP contribution in [0.4, 0.5) is 0 Å². The van der Waals surface area contributed by atoms with Crippen molar-refractivity contribution in [2.75, 3.05) is 12.9 Å². The second kappa shape index (κ2) is 7.79. The lowest BCUT2D eigenvalue weighted by Gasteiger charge is -2.33. The van der Waals surface area contributed by atoms with E-state index in [1.165, 1.54) is 18.9 Å². The quantitative estimate of drug-likeness (QED) is 0.821. The summed E-state index contributed by atoms with van der Waals surface area (Å²) in [5, 5.41) is 13.8. The molecule has 134 valence electrons. The van der Waals surface area contributed by atoms with E-state index in [0.29, 0.717) is 22.6 Å². The van der Waals surface area contributed by atoms with Crippen LogP contribution >= 0.6 is 11.8 Å². The number of esters is 1. The average molecular weight is 368 g/mol. The molecule has 2 aliphatic rings. The van der Waals surface area contributed by atoms with E-state index in [0.717, 1.165) is 29.7 Å². The van der Waals surface area contributed by atoms with E-state index >= 15 is 0 Å². The van der Waals surface area contributed by atoms with Gasteiger partial charge in [-0.1, -0.05) is 36.0 Å². The minimum atomic E-state index is -0.384. The van der Waals surface area contributed by atoms with Gasteiger partial charge in [0.1, 0.15) is 0 Å². The van der Waals surface area contributed by atoms with Crippen LogP contribution in [0.3, 0.4) is 0 Å². The minimum Gasteiger partial charge on any atom is -0.468 e. The summed E-state index contributed by atoms with van der Waals surface area (Å²) in [5.41, 5.74) is 4.06. The molecule has 1 aliphatic carbocycles. The zero-order chi connectivity index (χ0) is 18.7. The zero-order valence-corrected chi connectivity index (χ0v) is 15.6. The fourth-order valence-electron chi connectivity index (χ4n) is 3.45. The number of carbonyl (C=O) groups excluding carboxylic acids is 2. The molecule has 1 atom stereocenters. The van der Waals surface area contributed by atoms with E-state index in [9.17, 15) is 14.9 Å². The van der Waals surface area contributed by atoms with Crippen LogP contribution in [0.15, 0.2) is 46.1 Å². The van der Waals surface area contributed by atoms with E-state index in [1.807, 2.05) is 31.2 Å². The Balaban J connectivity index is 2.11. The van der Waals surface area contributed by atoms with Crippen molar-refractivity contribution < 1.29 is 14.3 Å². The first-order chi connectivity index (χ1) is 12.6. The van der Waals surface area contributed by atoms with Gasteiger partial charge >= 0.3 is 5.97 Å². The van der Waals surface area contributed by atoms with Crippen LogP contribution < -0.4 is 5.32 Å². The number of thioether (sulfide) groups is 1.